The molecule has 0 heterocycles. The van der Waals surface area contributed by atoms with E-state index in [1.165, 1.54) is 0 Å². The molecule has 0 atom stereocenters. The van der Waals surface area contributed by atoms with Crippen molar-refractivity contribution in [1.29, 1.82) is 0 Å². The summed E-state index contributed by atoms with van der Waals surface area (Å²) >= 11 is 0. The fourth-order valence-corrected chi connectivity index (χ4v) is 1.98. The van der Waals surface area contributed by atoms with Crippen LogP contribution in [0.1, 0.15) is 40.2 Å². The maximum atomic E-state index is 12.2. The lowest BCUT2D eigenvalue weighted by Gasteiger charge is -2.30. The zero-order valence-corrected chi connectivity index (χ0v) is 14.2. The Kier molecular flexibility index (Phi) is 6.68. The van der Waals surface area contributed by atoms with Crippen LogP contribution >= 0.6 is 0 Å². The number of ether oxygens (including phenoxy) is 1. The largest absolute Gasteiger partial charge is 0.508 e. The van der Waals surface area contributed by atoms with E-state index in [2.05, 4.69) is 5.32 Å². The summed E-state index contributed by atoms with van der Waals surface area (Å²) in [6.45, 7) is 11.4. The van der Waals surface area contributed by atoms with E-state index in [1.807, 2.05) is 46.8 Å². The van der Waals surface area contributed by atoms with Crippen LogP contribution in [-0.4, -0.2) is 40.8 Å². The number of nitrogens with zero attached hydrogens (tertiary/aromatic N) is 1. The molecule has 0 aromatic heterocycles. The van der Waals surface area contributed by atoms with Crippen LogP contribution in [0.4, 0.5) is 4.79 Å². The molecule has 1 aromatic carbocycles. The lowest BCUT2D eigenvalue weighted by Crippen LogP contribution is -2.44. The normalized spacial score (nSPS) is 11.5. The molecule has 0 saturated heterocycles. The van der Waals surface area contributed by atoms with E-state index in [-0.39, 0.29) is 17.9 Å². The van der Waals surface area contributed by atoms with Gasteiger partial charge in [-0.15, -0.1) is 0 Å². The number of rotatable bonds is 6. The molecule has 0 aliphatic heterocycles. The van der Waals surface area contributed by atoms with Crippen molar-refractivity contribution in [3.8, 4) is 5.75 Å². The van der Waals surface area contributed by atoms with Gasteiger partial charge in [-0.05, 0) is 52.3 Å². The number of phenols is 1. The van der Waals surface area contributed by atoms with Crippen molar-refractivity contribution in [2.75, 3.05) is 13.1 Å². The molecule has 2 N–H and O–H groups in total. The third kappa shape index (κ3) is 6.80. The zero-order valence-electron chi connectivity index (χ0n) is 14.2. The minimum Gasteiger partial charge on any atom is -0.508 e. The van der Waals surface area contributed by atoms with Gasteiger partial charge in [0.25, 0.3) is 0 Å². The summed E-state index contributed by atoms with van der Waals surface area (Å²) in [4.78, 5) is 13.9. The molecule has 22 heavy (non-hydrogen) atoms. The van der Waals surface area contributed by atoms with Gasteiger partial charge in [0.2, 0.25) is 0 Å². The Balaban J connectivity index is 2.43. The Morgan fingerprint density at radius 2 is 2.05 bits per heavy atom. The maximum Gasteiger partial charge on any atom is 0.410 e. The number of carbonyl (C=O) groups is 1. The van der Waals surface area contributed by atoms with Crippen molar-refractivity contribution in [3.05, 3.63) is 29.8 Å². The highest BCUT2D eigenvalue weighted by molar-refractivity contribution is 5.68. The molecule has 0 aliphatic carbocycles. The van der Waals surface area contributed by atoms with Gasteiger partial charge in [0.1, 0.15) is 11.4 Å². The highest BCUT2D eigenvalue weighted by atomic mass is 16.6. The first-order chi connectivity index (χ1) is 10.2. The van der Waals surface area contributed by atoms with Gasteiger partial charge in [0.15, 0.2) is 0 Å². The van der Waals surface area contributed by atoms with Crippen molar-refractivity contribution in [2.45, 2.75) is 52.8 Å². The van der Waals surface area contributed by atoms with E-state index in [0.717, 1.165) is 5.56 Å². The second-order valence-electron chi connectivity index (χ2n) is 6.61. The molecule has 1 rings (SSSR count). The fraction of sp³-hybridized carbons (Fsp3) is 0.588. The molecule has 1 amide bonds. The first kappa shape index (κ1) is 18.3. The number of hydrogen-bond donors (Lipinski definition) is 2. The summed E-state index contributed by atoms with van der Waals surface area (Å²) in [6.07, 6.45) is -0.290. The Bertz CT molecular complexity index is 481. The quantitative estimate of drug-likeness (QED) is 0.793. The van der Waals surface area contributed by atoms with Crippen LogP contribution in [0, 0.1) is 0 Å². The average Bonchev–Trinajstić information content (AvgIpc) is 2.35. The highest BCUT2D eigenvalue weighted by Crippen LogP contribution is 2.12. The summed E-state index contributed by atoms with van der Waals surface area (Å²) in [6, 6.07) is 7.21. The molecule has 0 radical (unpaired) electrons. The molecule has 0 fully saturated rings. The predicted octanol–water partition coefficient (Wildman–Crippen LogP) is 3.13. The van der Waals surface area contributed by atoms with Gasteiger partial charge in [0, 0.05) is 25.7 Å². The number of benzene rings is 1. The third-order valence-electron chi connectivity index (χ3n) is 3.02. The van der Waals surface area contributed by atoms with Crippen LogP contribution in [-0.2, 0) is 11.3 Å². The molecular weight excluding hydrogens is 280 g/mol. The Morgan fingerprint density at radius 3 is 2.59 bits per heavy atom. The van der Waals surface area contributed by atoms with Gasteiger partial charge in [-0.3, -0.25) is 0 Å². The standard InChI is InChI=1S/C17H28N2O3/c1-13(2)19(16(21)22-17(3,4)5)10-9-18-12-14-7-6-8-15(20)11-14/h6-8,11,13,18,20H,9-10,12H2,1-5H3. The van der Waals surface area contributed by atoms with Crippen LogP contribution in [0.15, 0.2) is 24.3 Å². The van der Waals surface area contributed by atoms with E-state index < -0.39 is 5.60 Å². The van der Waals surface area contributed by atoms with Crippen LogP contribution in [0.5, 0.6) is 5.75 Å². The topological polar surface area (TPSA) is 61.8 Å². The minimum atomic E-state index is -0.487. The number of hydrogen-bond acceptors (Lipinski definition) is 4. The van der Waals surface area contributed by atoms with Crippen molar-refractivity contribution < 1.29 is 14.6 Å². The lowest BCUT2D eigenvalue weighted by molar-refractivity contribution is 0.0193. The molecule has 0 unspecified atom stereocenters. The minimum absolute atomic E-state index is 0.0809. The number of nitrogens with one attached hydrogen (secondary N) is 1. The second kappa shape index (κ2) is 8.03. The summed E-state index contributed by atoms with van der Waals surface area (Å²) < 4.78 is 5.42. The molecule has 0 saturated carbocycles. The van der Waals surface area contributed by atoms with Gasteiger partial charge in [-0.2, -0.15) is 0 Å². The van der Waals surface area contributed by atoms with Gasteiger partial charge in [-0.1, -0.05) is 12.1 Å². The first-order valence-corrected chi connectivity index (χ1v) is 7.67. The number of phenolic OH excluding ortho intramolecular Hbond substituents is 1. The molecule has 5 heteroatoms. The molecule has 124 valence electrons. The lowest BCUT2D eigenvalue weighted by atomic mass is 10.2. The van der Waals surface area contributed by atoms with Crippen molar-refractivity contribution in [3.63, 3.8) is 0 Å². The van der Waals surface area contributed by atoms with Crippen LogP contribution in [0.2, 0.25) is 0 Å². The van der Waals surface area contributed by atoms with Gasteiger partial charge < -0.3 is 20.1 Å². The highest BCUT2D eigenvalue weighted by Gasteiger charge is 2.23. The maximum absolute atomic E-state index is 12.2. The van der Waals surface area contributed by atoms with E-state index in [9.17, 15) is 9.90 Å². The molecule has 1 aromatic rings. The fourth-order valence-electron chi connectivity index (χ4n) is 1.98. The van der Waals surface area contributed by atoms with E-state index in [4.69, 9.17) is 4.74 Å². The summed E-state index contributed by atoms with van der Waals surface area (Å²) in [7, 11) is 0. The zero-order chi connectivity index (χ0) is 16.8. The van der Waals surface area contributed by atoms with Gasteiger partial charge in [-0.25, -0.2) is 4.79 Å². The van der Waals surface area contributed by atoms with Crippen LogP contribution in [0.3, 0.4) is 0 Å². The molecule has 0 spiro atoms. The van der Waals surface area contributed by atoms with Gasteiger partial charge >= 0.3 is 6.09 Å². The molecule has 5 nitrogen and oxygen atoms in total. The van der Waals surface area contributed by atoms with Crippen LogP contribution in [0.25, 0.3) is 0 Å². The number of amides is 1. The van der Waals surface area contributed by atoms with Crippen molar-refractivity contribution >= 4 is 6.09 Å². The average molecular weight is 308 g/mol. The monoisotopic (exact) mass is 308 g/mol. The summed E-state index contributed by atoms with van der Waals surface area (Å²) in [5.74, 6) is 0.261. The smallest absolute Gasteiger partial charge is 0.410 e. The second-order valence-corrected chi connectivity index (χ2v) is 6.61. The third-order valence-corrected chi connectivity index (χ3v) is 3.02. The van der Waals surface area contributed by atoms with Gasteiger partial charge in [0.05, 0.1) is 0 Å². The number of carbonyl (C=O) groups excluding carboxylic acids is 1. The molecule has 0 aliphatic rings. The SMILES string of the molecule is CC(C)N(CCNCc1cccc(O)c1)C(=O)OC(C)(C)C. The molecule has 0 bridgehead atoms. The summed E-state index contributed by atoms with van der Waals surface area (Å²) in [5, 5.41) is 12.7. The molecular formula is C17H28N2O3. The van der Waals surface area contributed by atoms with E-state index in [0.29, 0.717) is 19.6 Å². The Labute approximate surface area is 133 Å². The van der Waals surface area contributed by atoms with Crippen molar-refractivity contribution in [2.24, 2.45) is 0 Å². The first-order valence-electron chi connectivity index (χ1n) is 7.67. The Hall–Kier alpha value is -1.75. The Morgan fingerprint density at radius 1 is 1.36 bits per heavy atom. The van der Waals surface area contributed by atoms with Crippen LogP contribution < -0.4 is 5.32 Å². The summed E-state index contributed by atoms with van der Waals surface area (Å²) in [5.41, 5.74) is 0.521. The van der Waals surface area contributed by atoms with E-state index in [1.54, 1.807) is 17.0 Å². The van der Waals surface area contributed by atoms with Crippen molar-refractivity contribution in [1.82, 2.24) is 10.2 Å². The predicted molar refractivity (Wildman–Crippen MR) is 87.9 cm³/mol. The van der Waals surface area contributed by atoms with E-state index >= 15 is 0 Å². The number of aromatic hydroxyl groups is 1.